The van der Waals surface area contributed by atoms with Gasteiger partial charge in [0.15, 0.2) is 0 Å². The van der Waals surface area contributed by atoms with Gasteiger partial charge in [-0.2, -0.15) is 5.10 Å². The van der Waals surface area contributed by atoms with Gasteiger partial charge in [-0.3, -0.25) is 14.8 Å². The van der Waals surface area contributed by atoms with Crippen LogP contribution in [0.3, 0.4) is 0 Å². The molecular formula is C19H24N4O2. The van der Waals surface area contributed by atoms with Crippen molar-refractivity contribution in [3.05, 3.63) is 36.0 Å². The quantitative estimate of drug-likeness (QED) is 0.932. The first-order valence-electron chi connectivity index (χ1n) is 8.97. The van der Waals surface area contributed by atoms with Gasteiger partial charge in [0.2, 0.25) is 0 Å². The molecule has 1 N–H and O–H groups in total. The van der Waals surface area contributed by atoms with Crippen molar-refractivity contribution in [3.63, 3.8) is 0 Å². The number of fused-ring (bicyclic) bond motifs is 1. The van der Waals surface area contributed by atoms with Crippen LogP contribution >= 0.6 is 0 Å². The number of H-pyrrole nitrogens is 1. The molecule has 25 heavy (non-hydrogen) atoms. The Morgan fingerprint density at radius 3 is 3.04 bits per heavy atom. The maximum Gasteiger partial charge on any atom is 0.257 e. The molecule has 0 radical (unpaired) electrons. The van der Waals surface area contributed by atoms with E-state index in [1.165, 1.54) is 19.4 Å². The third kappa shape index (κ3) is 3.14. The second kappa shape index (κ2) is 6.88. The number of amides is 1. The highest BCUT2D eigenvalue weighted by Gasteiger charge is 2.31. The van der Waals surface area contributed by atoms with Gasteiger partial charge in [-0.05, 0) is 37.9 Å². The van der Waals surface area contributed by atoms with Gasteiger partial charge >= 0.3 is 0 Å². The summed E-state index contributed by atoms with van der Waals surface area (Å²) < 4.78 is 5.30. The molecule has 2 aromatic rings. The van der Waals surface area contributed by atoms with Crippen molar-refractivity contribution in [2.45, 2.75) is 25.3 Å². The molecule has 0 spiro atoms. The lowest BCUT2D eigenvalue weighted by atomic mass is 10.1. The van der Waals surface area contributed by atoms with Crippen LogP contribution in [0.15, 0.2) is 30.5 Å². The van der Waals surface area contributed by atoms with Crippen LogP contribution in [0.1, 0.15) is 29.6 Å². The minimum Gasteiger partial charge on any atom is -0.497 e. The Hall–Kier alpha value is -2.34. The number of aromatic nitrogens is 2. The number of nitrogens with one attached hydrogen (secondary N) is 1. The van der Waals surface area contributed by atoms with Gasteiger partial charge < -0.3 is 9.64 Å². The van der Waals surface area contributed by atoms with Crippen molar-refractivity contribution in [2.24, 2.45) is 0 Å². The molecule has 6 nitrogen and oxygen atoms in total. The number of hydrogen-bond acceptors (Lipinski definition) is 4. The molecule has 3 heterocycles. The first-order chi connectivity index (χ1) is 12.3. The molecule has 1 amide bonds. The van der Waals surface area contributed by atoms with Gasteiger partial charge in [0, 0.05) is 31.2 Å². The maximum atomic E-state index is 13.2. The van der Waals surface area contributed by atoms with Crippen LogP contribution in [-0.2, 0) is 0 Å². The first-order valence-corrected chi connectivity index (χ1v) is 8.97. The topological polar surface area (TPSA) is 61.5 Å². The summed E-state index contributed by atoms with van der Waals surface area (Å²) in [5, 5.41) is 7.13. The maximum absolute atomic E-state index is 13.2. The van der Waals surface area contributed by atoms with E-state index in [9.17, 15) is 4.79 Å². The summed E-state index contributed by atoms with van der Waals surface area (Å²) in [7, 11) is 1.64. The molecule has 1 aromatic heterocycles. The number of benzene rings is 1. The van der Waals surface area contributed by atoms with Crippen LogP contribution < -0.4 is 4.74 Å². The zero-order valence-corrected chi connectivity index (χ0v) is 14.6. The van der Waals surface area contributed by atoms with Crippen molar-refractivity contribution >= 4 is 5.91 Å². The minimum absolute atomic E-state index is 0.0697. The molecule has 2 aliphatic rings. The van der Waals surface area contributed by atoms with E-state index in [2.05, 4.69) is 15.1 Å². The summed E-state index contributed by atoms with van der Waals surface area (Å²) in [4.78, 5) is 17.7. The zero-order valence-electron chi connectivity index (χ0n) is 14.6. The van der Waals surface area contributed by atoms with E-state index < -0.39 is 0 Å². The monoisotopic (exact) mass is 340 g/mol. The smallest absolute Gasteiger partial charge is 0.257 e. The van der Waals surface area contributed by atoms with Crippen molar-refractivity contribution in [2.75, 3.05) is 33.3 Å². The van der Waals surface area contributed by atoms with E-state index >= 15 is 0 Å². The van der Waals surface area contributed by atoms with E-state index in [-0.39, 0.29) is 5.91 Å². The number of methoxy groups -OCH3 is 1. The molecule has 0 unspecified atom stereocenters. The van der Waals surface area contributed by atoms with E-state index in [0.717, 1.165) is 43.1 Å². The number of carbonyl (C=O) groups is 1. The standard InChI is InChI=1S/C19H24N4O2/c1-25-16-7-2-5-14(11-16)18-17(12-20-21-18)19(24)23-10-4-9-22-8-3-6-15(22)13-23/h2,5,7,11-12,15H,3-4,6,8-10,13H2,1H3,(H,20,21)/t15-/m0/s1. The molecule has 2 saturated heterocycles. The first kappa shape index (κ1) is 16.1. The van der Waals surface area contributed by atoms with Crippen molar-refractivity contribution in [3.8, 4) is 17.0 Å². The van der Waals surface area contributed by atoms with Crippen LogP contribution in [0, 0.1) is 0 Å². The molecule has 0 bridgehead atoms. The van der Waals surface area contributed by atoms with Gasteiger partial charge in [0.25, 0.3) is 5.91 Å². The predicted octanol–water partition coefficient (Wildman–Crippen LogP) is 2.40. The Labute approximate surface area is 147 Å². The van der Waals surface area contributed by atoms with Gasteiger partial charge in [-0.15, -0.1) is 0 Å². The molecular weight excluding hydrogens is 316 g/mol. The Morgan fingerprint density at radius 2 is 2.16 bits per heavy atom. The number of rotatable bonds is 3. The van der Waals surface area contributed by atoms with Crippen LogP contribution in [0.2, 0.25) is 0 Å². The molecule has 2 aliphatic heterocycles. The second-order valence-electron chi connectivity index (χ2n) is 6.83. The van der Waals surface area contributed by atoms with E-state index in [4.69, 9.17) is 4.74 Å². The van der Waals surface area contributed by atoms with Crippen molar-refractivity contribution in [1.29, 1.82) is 0 Å². The third-order valence-corrected chi connectivity index (χ3v) is 5.32. The summed E-state index contributed by atoms with van der Waals surface area (Å²) in [6.07, 6.45) is 5.12. The summed E-state index contributed by atoms with van der Waals surface area (Å²) in [6, 6.07) is 8.22. The summed E-state index contributed by atoms with van der Waals surface area (Å²) in [5.74, 6) is 0.835. The predicted molar refractivity (Wildman–Crippen MR) is 95.7 cm³/mol. The average Bonchev–Trinajstić information content (AvgIpc) is 3.26. The van der Waals surface area contributed by atoms with Crippen molar-refractivity contribution in [1.82, 2.24) is 20.0 Å². The largest absolute Gasteiger partial charge is 0.497 e. The van der Waals surface area contributed by atoms with Crippen LogP contribution in [-0.4, -0.2) is 65.2 Å². The number of aromatic amines is 1. The highest BCUT2D eigenvalue weighted by atomic mass is 16.5. The number of hydrogen-bond donors (Lipinski definition) is 1. The van der Waals surface area contributed by atoms with E-state index in [1.807, 2.05) is 29.2 Å². The molecule has 4 rings (SSSR count). The fraction of sp³-hybridized carbons (Fsp3) is 0.474. The molecule has 0 saturated carbocycles. The Kier molecular flexibility index (Phi) is 4.44. The SMILES string of the molecule is COc1cccc(-c2[nH]ncc2C(=O)N2CCCN3CCC[C@H]3C2)c1. The lowest BCUT2D eigenvalue weighted by Crippen LogP contribution is -2.39. The third-order valence-electron chi connectivity index (χ3n) is 5.32. The summed E-state index contributed by atoms with van der Waals surface area (Å²) in [5.41, 5.74) is 2.31. The van der Waals surface area contributed by atoms with E-state index in [1.54, 1.807) is 13.3 Å². The van der Waals surface area contributed by atoms with E-state index in [0.29, 0.717) is 11.6 Å². The van der Waals surface area contributed by atoms with Crippen LogP contribution in [0.5, 0.6) is 5.75 Å². The van der Waals surface area contributed by atoms with Gasteiger partial charge in [-0.25, -0.2) is 0 Å². The van der Waals surface area contributed by atoms with Gasteiger partial charge in [0.1, 0.15) is 5.75 Å². The Balaban J connectivity index is 1.59. The van der Waals surface area contributed by atoms with Gasteiger partial charge in [-0.1, -0.05) is 12.1 Å². The van der Waals surface area contributed by atoms with Crippen molar-refractivity contribution < 1.29 is 9.53 Å². The fourth-order valence-electron chi connectivity index (χ4n) is 4.01. The second-order valence-corrected chi connectivity index (χ2v) is 6.83. The lowest BCUT2D eigenvalue weighted by Gasteiger charge is -2.25. The zero-order chi connectivity index (χ0) is 17.2. The molecule has 132 valence electrons. The lowest BCUT2D eigenvalue weighted by molar-refractivity contribution is 0.0744. The molecule has 1 aromatic carbocycles. The molecule has 6 heteroatoms. The summed E-state index contributed by atoms with van der Waals surface area (Å²) >= 11 is 0. The number of ether oxygens (including phenoxy) is 1. The normalized spacial score (nSPS) is 21.0. The van der Waals surface area contributed by atoms with Crippen LogP contribution in [0.4, 0.5) is 0 Å². The molecule has 1 atom stereocenters. The minimum atomic E-state index is 0.0697. The average molecular weight is 340 g/mol. The highest BCUT2D eigenvalue weighted by Crippen LogP contribution is 2.27. The Bertz CT molecular complexity index is 757. The summed E-state index contributed by atoms with van der Waals surface area (Å²) in [6.45, 7) is 3.91. The molecule has 0 aliphatic carbocycles. The Morgan fingerprint density at radius 1 is 1.28 bits per heavy atom. The van der Waals surface area contributed by atoms with Gasteiger partial charge in [0.05, 0.1) is 24.6 Å². The number of nitrogens with zero attached hydrogens (tertiary/aromatic N) is 3. The number of carbonyl (C=O) groups excluding carboxylic acids is 1. The fourth-order valence-corrected chi connectivity index (χ4v) is 4.01. The highest BCUT2D eigenvalue weighted by molar-refractivity contribution is 5.99. The molecule has 2 fully saturated rings. The van der Waals surface area contributed by atoms with Crippen LogP contribution in [0.25, 0.3) is 11.3 Å².